The molecule has 0 aromatic rings. The third-order valence-corrected chi connectivity index (χ3v) is 2.45. The molecule has 0 saturated carbocycles. The zero-order valence-electron chi connectivity index (χ0n) is 7.51. The molecule has 0 aliphatic rings. The van der Waals surface area contributed by atoms with Crippen LogP contribution in [0.1, 0.15) is 12.8 Å². The van der Waals surface area contributed by atoms with Gasteiger partial charge in [0, 0.05) is 13.1 Å². The zero-order chi connectivity index (χ0) is 11.4. The van der Waals surface area contributed by atoms with E-state index in [2.05, 4.69) is 16.9 Å². The molecule has 0 aromatic carbocycles. The summed E-state index contributed by atoms with van der Waals surface area (Å²) in [4.78, 5) is 30.0. The van der Waals surface area contributed by atoms with E-state index >= 15 is 0 Å². The van der Waals surface area contributed by atoms with Crippen LogP contribution in [0.3, 0.4) is 0 Å². The lowest BCUT2D eigenvalue weighted by Crippen LogP contribution is -2.34. The predicted molar refractivity (Wildman–Crippen MR) is 53.9 cm³/mol. The second kappa shape index (κ2) is 5.41. The van der Waals surface area contributed by atoms with Gasteiger partial charge in [-0.3, -0.25) is 14.7 Å². The molecule has 0 bridgehead atoms. The largest absolute Gasteiger partial charge is 0.481 e. The first-order valence-corrected chi connectivity index (χ1v) is 6.95. The summed E-state index contributed by atoms with van der Waals surface area (Å²) >= 11 is 4.61. The lowest BCUT2D eigenvalue weighted by atomic mass is 10.2. The van der Waals surface area contributed by atoms with E-state index in [4.69, 9.17) is 10.2 Å². The fraction of sp³-hybridized carbons (Fsp3) is 0.667. The second-order valence-electron chi connectivity index (χ2n) is 2.83. The first-order valence-electron chi connectivity index (χ1n) is 3.75. The highest BCUT2D eigenvalue weighted by atomic mass is 32.4. The molecule has 1 unspecified atom stereocenters. The van der Waals surface area contributed by atoms with Crippen molar-refractivity contribution >= 4 is 30.2 Å². The zero-order valence-corrected chi connectivity index (χ0v) is 9.22. The SMILES string of the molecule is CP(O)(=S)N[C@@H](CCC(=O)O)C(=O)O. The van der Waals surface area contributed by atoms with Crippen molar-refractivity contribution in [3.8, 4) is 0 Å². The molecule has 0 spiro atoms. The summed E-state index contributed by atoms with van der Waals surface area (Å²) < 4.78 is 0. The second-order valence-corrected chi connectivity index (χ2v) is 6.98. The fourth-order valence-corrected chi connectivity index (χ4v) is 2.00. The molecule has 0 aliphatic heterocycles. The van der Waals surface area contributed by atoms with Crippen LogP contribution in [0.25, 0.3) is 0 Å². The van der Waals surface area contributed by atoms with Gasteiger partial charge in [-0.25, -0.2) is 0 Å². The fourth-order valence-electron chi connectivity index (χ4n) is 0.800. The molecule has 0 aliphatic carbocycles. The summed E-state index contributed by atoms with van der Waals surface area (Å²) in [5.74, 6) is -2.29. The maximum Gasteiger partial charge on any atom is 0.321 e. The molecule has 0 heterocycles. The highest BCUT2D eigenvalue weighted by Crippen LogP contribution is 2.31. The highest BCUT2D eigenvalue weighted by Gasteiger charge is 2.22. The highest BCUT2D eigenvalue weighted by molar-refractivity contribution is 8.10. The van der Waals surface area contributed by atoms with E-state index < -0.39 is 24.4 Å². The molecule has 0 rings (SSSR count). The molecule has 82 valence electrons. The number of hydrogen-bond acceptors (Lipinski definition) is 3. The van der Waals surface area contributed by atoms with Crippen LogP contribution >= 0.6 is 6.42 Å². The van der Waals surface area contributed by atoms with Gasteiger partial charge in [0.05, 0.1) is 0 Å². The Balaban J connectivity index is 4.24. The third-order valence-electron chi connectivity index (χ3n) is 1.34. The number of rotatable bonds is 6. The van der Waals surface area contributed by atoms with Crippen LogP contribution in [0, 0.1) is 0 Å². The van der Waals surface area contributed by atoms with Crippen LogP contribution in [-0.2, 0) is 21.4 Å². The van der Waals surface area contributed by atoms with E-state index in [0.29, 0.717) is 0 Å². The average Bonchev–Trinajstić information content (AvgIpc) is 1.94. The predicted octanol–water partition coefficient (Wildman–Crippen LogP) is -0.174. The number of carboxylic acids is 2. The Morgan fingerprint density at radius 3 is 2.29 bits per heavy atom. The van der Waals surface area contributed by atoms with Crippen LogP contribution < -0.4 is 5.09 Å². The van der Waals surface area contributed by atoms with Crippen molar-refractivity contribution in [3.63, 3.8) is 0 Å². The molecule has 0 aromatic heterocycles. The lowest BCUT2D eigenvalue weighted by Gasteiger charge is -2.17. The number of nitrogens with one attached hydrogen (secondary N) is 1. The molecule has 8 heteroatoms. The van der Waals surface area contributed by atoms with Crippen LogP contribution in [-0.4, -0.2) is 39.8 Å². The molecule has 0 fully saturated rings. The molecule has 0 amide bonds. The summed E-state index contributed by atoms with van der Waals surface area (Å²) in [5.41, 5.74) is 0. The Bertz CT molecular complexity index is 275. The maximum absolute atomic E-state index is 10.6. The topological polar surface area (TPSA) is 107 Å². The van der Waals surface area contributed by atoms with Crippen molar-refractivity contribution in [2.24, 2.45) is 0 Å². The minimum absolute atomic E-state index is 0.0997. The average molecular weight is 241 g/mol. The minimum atomic E-state index is -2.83. The summed E-state index contributed by atoms with van der Waals surface area (Å²) in [5, 5.41) is 19.3. The van der Waals surface area contributed by atoms with Gasteiger partial charge >= 0.3 is 11.9 Å². The van der Waals surface area contributed by atoms with Gasteiger partial charge in [-0.2, -0.15) is 0 Å². The maximum atomic E-state index is 10.6. The minimum Gasteiger partial charge on any atom is -0.481 e. The van der Waals surface area contributed by atoms with Gasteiger partial charge in [-0.15, -0.1) is 0 Å². The van der Waals surface area contributed by atoms with Crippen LogP contribution in [0.4, 0.5) is 0 Å². The van der Waals surface area contributed by atoms with E-state index in [1.165, 1.54) is 6.66 Å². The molecule has 4 N–H and O–H groups in total. The van der Waals surface area contributed by atoms with Crippen molar-refractivity contribution in [2.75, 3.05) is 6.66 Å². The van der Waals surface area contributed by atoms with E-state index in [1.807, 2.05) is 0 Å². The Hall–Kier alpha value is -0.490. The third kappa shape index (κ3) is 6.97. The standard InChI is InChI=1S/C6H12NO5PS/c1-13(12,14)7-4(6(10)11)2-3-5(8)9/h4H,2-3H2,1H3,(H,8,9)(H,10,11)(H2,7,12,14)/t4-,13?/m0/s1. The first-order chi connectivity index (χ1) is 6.22. The van der Waals surface area contributed by atoms with Gasteiger partial charge in [0.1, 0.15) is 12.5 Å². The van der Waals surface area contributed by atoms with Gasteiger partial charge in [0.2, 0.25) is 0 Å². The normalized spacial score (nSPS) is 17.0. The Labute approximate surface area is 86.1 Å². The Morgan fingerprint density at radius 2 is 2.00 bits per heavy atom. The quantitative estimate of drug-likeness (QED) is 0.478. The van der Waals surface area contributed by atoms with Crippen molar-refractivity contribution in [2.45, 2.75) is 18.9 Å². The monoisotopic (exact) mass is 241 g/mol. The lowest BCUT2D eigenvalue weighted by molar-refractivity contribution is -0.140. The Kier molecular flexibility index (Phi) is 5.22. The summed E-state index contributed by atoms with van der Waals surface area (Å²) in [6, 6.07) is -1.10. The van der Waals surface area contributed by atoms with E-state index in [-0.39, 0.29) is 12.8 Å². The summed E-state index contributed by atoms with van der Waals surface area (Å²) in [6.45, 7) is 1.32. The van der Waals surface area contributed by atoms with Gasteiger partial charge in [0.25, 0.3) is 0 Å². The molecular weight excluding hydrogens is 229 g/mol. The van der Waals surface area contributed by atoms with Gasteiger partial charge in [-0.05, 0) is 6.42 Å². The number of carbonyl (C=O) groups is 2. The van der Waals surface area contributed by atoms with Crippen molar-refractivity contribution in [3.05, 3.63) is 0 Å². The van der Waals surface area contributed by atoms with Gasteiger partial charge < -0.3 is 15.1 Å². The number of carboxylic acid groups (broad SMARTS) is 2. The van der Waals surface area contributed by atoms with Crippen LogP contribution in [0.5, 0.6) is 0 Å². The smallest absolute Gasteiger partial charge is 0.321 e. The van der Waals surface area contributed by atoms with Crippen molar-refractivity contribution < 1.29 is 24.7 Å². The van der Waals surface area contributed by atoms with E-state index in [9.17, 15) is 14.5 Å². The van der Waals surface area contributed by atoms with Gasteiger partial charge in [-0.1, -0.05) is 11.8 Å². The molecule has 2 atom stereocenters. The van der Waals surface area contributed by atoms with Gasteiger partial charge in [0.15, 0.2) is 0 Å². The molecule has 0 saturated heterocycles. The molecule has 0 radical (unpaired) electrons. The van der Waals surface area contributed by atoms with Crippen LogP contribution in [0.2, 0.25) is 0 Å². The molecule has 14 heavy (non-hydrogen) atoms. The summed E-state index contributed by atoms with van der Waals surface area (Å²) in [7, 11) is 0. The number of hydrogen-bond donors (Lipinski definition) is 4. The Morgan fingerprint density at radius 1 is 1.50 bits per heavy atom. The molecule has 6 nitrogen and oxygen atoms in total. The van der Waals surface area contributed by atoms with E-state index in [0.717, 1.165) is 0 Å². The summed E-state index contributed by atoms with van der Waals surface area (Å²) in [6.07, 6.45) is -3.20. The van der Waals surface area contributed by atoms with E-state index in [1.54, 1.807) is 0 Å². The van der Waals surface area contributed by atoms with Crippen molar-refractivity contribution in [1.82, 2.24) is 5.09 Å². The first kappa shape index (κ1) is 13.5. The van der Waals surface area contributed by atoms with Crippen molar-refractivity contribution in [1.29, 1.82) is 0 Å². The van der Waals surface area contributed by atoms with Crippen LogP contribution in [0.15, 0.2) is 0 Å². The number of aliphatic carboxylic acids is 2. The molecular formula is C6H12NO5PS.